The van der Waals surface area contributed by atoms with Gasteiger partial charge in [-0.3, -0.25) is 5.32 Å². The van der Waals surface area contributed by atoms with E-state index in [4.69, 9.17) is 0 Å². The zero-order chi connectivity index (χ0) is 13.2. The van der Waals surface area contributed by atoms with Gasteiger partial charge in [0.15, 0.2) is 15.0 Å². The van der Waals surface area contributed by atoms with Crippen molar-refractivity contribution in [3.8, 4) is 0 Å². The van der Waals surface area contributed by atoms with E-state index in [0.29, 0.717) is 0 Å². The molecule has 0 spiro atoms. The van der Waals surface area contributed by atoms with Gasteiger partial charge in [0.25, 0.3) is 5.82 Å². The molecule has 3 aromatic rings. The molecule has 2 heterocycles. The summed E-state index contributed by atoms with van der Waals surface area (Å²) in [6.07, 6.45) is 1.83. The lowest BCUT2D eigenvalue weighted by Gasteiger charge is -2.04. The summed E-state index contributed by atoms with van der Waals surface area (Å²) in [5, 5.41) is 1.96. The molecule has 0 bridgehead atoms. The number of hydrogen-bond donors (Lipinski definition) is 1. The molecule has 2 aromatic heterocycles. The molecule has 3 rings (SSSR count). The number of halogens is 2. The third-order valence-electron chi connectivity index (χ3n) is 2.93. The third-order valence-corrected chi connectivity index (χ3v) is 3.42. The maximum atomic E-state index is 4.50. The van der Waals surface area contributed by atoms with Crippen molar-refractivity contribution in [1.82, 2.24) is 19.5 Å². The normalized spacial score (nSPS) is 10.5. The minimum atomic E-state index is 0. The molecule has 0 aliphatic carbocycles. The van der Waals surface area contributed by atoms with E-state index in [2.05, 4.69) is 54.2 Å². The van der Waals surface area contributed by atoms with E-state index in [1.54, 1.807) is 0 Å². The average Bonchev–Trinajstić information content (AvgIpc) is 2.82. The first-order valence-electron chi connectivity index (χ1n) is 5.99. The minimum Gasteiger partial charge on any atom is -1.00 e. The highest BCUT2D eigenvalue weighted by Gasteiger charge is 2.14. The van der Waals surface area contributed by atoms with Crippen LogP contribution in [-0.2, 0) is 6.54 Å². The average molecular weight is 402 g/mol. The van der Waals surface area contributed by atoms with Crippen LogP contribution in [0.1, 0.15) is 5.56 Å². The van der Waals surface area contributed by atoms with Gasteiger partial charge in [0.05, 0.1) is 19.9 Å². The topological polar surface area (TPSA) is 60.2 Å². The number of imidazole rings is 1. The standard InChI is InChI=1S/C13H12IN5.ClH/c1-15-11-10-12(18-13(14)17-11)19(8-16-10)7-9-5-3-2-4-6-9;/h2-6,8H,7H2,1H3,(H,15,17,18);1H. The molecular formula is C13H13ClIN5. The first kappa shape index (κ1) is 15.1. The molecule has 0 amide bonds. The van der Waals surface area contributed by atoms with Gasteiger partial charge in [-0.15, -0.1) is 0 Å². The number of nitrogens with two attached hydrogens (primary N) is 1. The first-order valence-corrected chi connectivity index (χ1v) is 7.07. The summed E-state index contributed by atoms with van der Waals surface area (Å²) in [5.41, 5.74) is 2.98. The summed E-state index contributed by atoms with van der Waals surface area (Å²) in [6.45, 7) is 0.771. The summed E-state index contributed by atoms with van der Waals surface area (Å²) >= 11 is 2.14. The summed E-state index contributed by atoms with van der Waals surface area (Å²) in [7, 11) is 1.97. The number of quaternary nitrogens is 1. The van der Waals surface area contributed by atoms with Crippen LogP contribution in [-0.4, -0.2) is 26.6 Å². The van der Waals surface area contributed by atoms with E-state index < -0.39 is 0 Å². The van der Waals surface area contributed by atoms with E-state index in [-0.39, 0.29) is 12.4 Å². The van der Waals surface area contributed by atoms with Crippen molar-refractivity contribution in [2.75, 3.05) is 7.05 Å². The molecule has 0 unspecified atom stereocenters. The van der Waals surface area contributed by atoms with E-state index in [1.807, 2.05) is 36.9 Å². The van der Waals surface area contributed by atoms with Gasteiger partial charge >= 0.3 is 0 Å². The largest absolute Gasteiger partial charge is 1.00 e. The fraction of sp³-hybridized carbons (Fsp3) is 0.154. The van der Waals surface area contributed by atoms with E-state index in [9.17, 15) is 0 Å². The van der Waals surface area contributed by atoms with Crippen LogP contribution in [0.5, 0.6) is 0 Å². The van der Waals surface area contributed by atoms with Crippen LogP contribution in [0.25, 0.3) is 11.2 Å². The number of benzene rings is 1. The van der Waals surface area contributed by atoms with Gasteiger partial charge in [0.2, 0.25) is 0 Å². The van der Waals surface area contributed by atoms with Gasteiger partial charge in [-0.05, 0) is 5.56 Å². The molecule has 0 saturated carbocycles. The van der Waals surface area contributed by atoms with E-state index in [0.717, 1.165) is 27.4 Å². The van der Waals surface area contributed by atoms with Crippen LogP contribution in [0.3, 0.4) is 0 Å². The molecule has 0 radical (unpaired) electrons. The molecule has 0 aliphatic heterocycles. The molecule has 7 heteroatoms. The monoisotopic (exact) mass is 401 g/mol. The highest BCUT2D eigenvalue weighted by Crippen LogP contribution is 2.17. The predicted octanol–water partition coefficient (Wildman–Crippen LogP) is -1.69. The molecule has 0 atom stereocenters. The molecule has 2 N–H and O–H groups in total. The summed E-state index contributed by atoms with van der Waals surface area (Å²) in [4.78, 5) is 13.3. The Labute approximate surface area is 136 Å². The fourth-order valence-corrected chi connectivity index (χ4v) is 2.52. The molecule has 1 aromatic carbocycles. The molecular weight excluding hydrogens is 389 g/mol. The SMILES string of the molecule is C[NH2+]c1nc(I)nc2c1ncn2Cc1ccccc1.[Cl-]. The van der Waals surface area contributed by atoms with E-state index >= 15 is 0 Å². The van der Waals surface area contributed by atoms with Crippen LogP contribution in [0.2, 0.25) is 0 Å². The number of hydrogen-bond acceptors (Lipinski definition) is 3. The number of aromatic nitrogens is 4. The van der Waals surface area contributed by atoms with Gasteiger partial charge in [0, 0.05) is 22.6 Å². The van der Waals surface area contributed by atoms with Gasteiger partial charge in [-0.2, -0.15) is 4.98 Å². The smallest absolute Gasteiger partial charge is 0.256 e. The van der Waals surface area contributed by atoms with E-state index in [1.165, 1.54) is 5.56 Å². The van der Waals surface area contributed by atoms with Crippen molar-refractivity contribution < 1.29 is 17.7 Å². The first-order chi connectivity index (χ1) is 9.28. The Balaban J connectivity index is 0.00000147. The number of rotatable bonds is 3. The Morgan fingerprint density at radius 3 is 2.65 bits per heavy atom. The van der Waals surface area contributed by atoms with Crippen molar-refractivity contribution >= 4 is 39.6 Å². The minimum absolute atomic E-state index is 0. The second kappa shape index (κ2) is 6.47. The highest BCUT2D eigenvalue weighted by atomic mass is 127. The van der Waals surface area contributed by atoms with Crippen LogP contribution < -0.4 is 17.7 Å². The second-order valence-electron chi connectivity index (χ2n) is 4.20. The zero-order valence-corrected chi connectivity index (χ0v) is 13.7. The van der Waals surface area contributed by atoms with Crippen LogP contribution in [0.15, 0.2) is 36.7 Å². The highest BCUT2D eigenvalue weighted by molar-refractivity contribution is 14.1. The van der Waals surface area contributed by atoms with Crippen LogP contribution in [0.4, 0.5) is 5.82 Å². The molecule has 0 fully saturated rings. The third kappa shape index (κ3) is 2.92. The summed E-state index contributed by atoms with van der Waals surface area (Å²) in [5.74, 6) is 0.890. The lowest BCUT2D eigenvalue weighted by atomic mass is 10.2. The van der Waals surface area contributed by atoms with Gasteiger partial charge in [-0.25, -0.2) is 9.97 Å². The Morgan fingerprint density at radius 2 is 1.95 bits per heavy atom. The van der Waals surface area contributed by atoms with Crippen molar-refractivity contribution in [1.29, 1.82) is 0 Å². The lowest BCUT2D eigenvalue weighted by molar-refractivity contribution is -0.542. The molecule has 104 valence electrons. The Kier molecular flexibility index (Phi) is 4.90. The van der Waals surface area contributed by atoms with Gasteiger partial charge < -0.3 is 17.0 Å². The van der Waals surface area contributed by atoms with Crippen molar-refractivity contribution in [3.05, 3.63) is 46.1 Å². The maximum Gasteiger partial charge on any atom is 0.256 e. The second-order valence-corrected chi connectivity index (χ2v) is 5.16. The Morgan fingerprint density at radius 1 is 1.20 bits per heavy atom. The van der Waals surface area contributed by atoms with Gasteiger partial charge in [0.1, 0.15) is 0 Å². The predicted molar refractivity (Wildman–Crippen MR) is 81.1 cm³/mol. The maximum absolute atomic E-state index is 4.50. The van der Waals surface area contributed by atoms with Crippen LogP contribution in [0, 0.1) is 3.83 Å². The fourth-order valence-electron chi connectivity index (χ4n) is 2.04. The molecule has 20 heavy (non-hydrogen) atoms. The van der Waals surface area contributed by atoms with Crippen molar-refractivity contribution in [2.45, 2.75) is 6.54 Å². The number of nitrogens with zero attached hydrogens (tertiary/aromatic N) is 4. The lowest BCUT2D eigenvalue weighted by Crippen LogP contribution is -3.00. The quantitative estimate of drug-likeness (QED) is 0.421. The number of fused-ring (bicyclic) bond motifs is 1. The summed E-state index contributed by atoms with van der Waals surface area (Å²) in [6, 6.07) is 10.3. The Hall–Kier alpha value is -1.25. The molecule has 0 aliphatic rings. The zero-order valence-electron chi connectivity index (χ0n) is 10.8. The Bertz CT molecular complexity index is 713. The summed E-state index contributed by atoms with van der Waals surface area (Å²) < 4.78 is 2.80. The van der Waals surface area contributed by atoms with Crippen molar-refractivity contribution in [2.24, 2.45) is 0 Å². The molecule has 5 nitrogen and oxygen atoms in total. The van der Waals surface area contributed by atoms with Crippen molar-refractivity contribution in [3.63, 3.8) is 0 Å². The van der Waals surface area contributed by atoms with Crippen LogP contribution >= 0.6 is 22.6 Å². The molecule has 0 saturated heterocycles. The van der Waals surface area contributed by atoms with Gasteiger partial charge in [-0.1, -0.05) is 30.3 Å².